The Morgan fingerprint density at radius 1 is 1.15 bits per heavy atom. The van der Waals surface area contributed by atoms with Gasteiger partial charge in [-0.2, -0.15) is 0 Å². The molecule has 0 amide bonds. The zero-order chi connectivity index (χ0) is 10.3. The Kier molecular flexibility index (Phi) is 6.53. The molecule has 13 heavy (non-hydrogen) atoms. The van der Waals surface area contributed by atoms with Crippen molar-refractivity contribution in [3.05, 3.63) is 0 Å². The van der Waals surface area contributed by atoms with E-state index in [1.54, 1.807) is 7.11 Å². The first-order valence-electron chi connectivity index (χ1n) is 4.56. The number of methoxy groups -OCH3 is 1. The molecule has 4 nitrogen and oxygen atoms in total. The monoisotopic (exact) mass is 208 g/mol. The summed E-state index contributed by atoms with van der Waals surface area (Å²) in [5, 5.41) is 0. The van der Waals surface area contributed by atoms with Crippen LogP contribution < -0.4 is 0 Å². The summed E-state index contributed by atoms with van der Waals surface area (Å²) in [5.74, 6) is 0. The minimum atomic E-state index is -2.46. The molecule has 0 N–H and O–H groups in total. The molecule has 0 aromatic rings. The van der Waals surface area contributed by atoms with Crippen molar-refractivity contribution in [2.45, 2.75) is 33.6 Å². The van der Waals surface area contributed by atoms with Gasteiger partial charge in [0, 0.05) is 26.9 Å². The SMILES string of the molecule is CCO[Si](C)(OCC)OC(C)OC. The Labute approximate surface area is 81.5 Å². The Balaban J connectivity index is 4.05. The lowest BCUT2D eigenvalue weighted by Gasteiger charge is -2.27. The van der Waals surface area contributed by atoms with Crippen LogP contribution in [0.2, 0.25) is 6.55 Å². The molecule has 0 aliphatic rings. The largest absolute Gasteiger partial charge is 0.499 e. The van der Waals surface area contributed by atoms with Gasteiger partial charge in [0.05, 0.1) is 0 Å². The Morgan fingerprint density at radius 2 is 1.62 bits per heavy atom. The minimum Gasteiger partial charge on any atom is -0.374 e. The van der Waals surface area contributed by atoms with Crippen LogP contribution >= 0.6 is 0 Å². The maximum atomic E-state index is 5.54. The van der Waals surface area contributed by atoms with Crippen molar-refractivity contribution in [3.63, 3.8) is 0 Å². The number of hydrogen-bond acceptors (Lipinski definition) is 4. The molecule has 0 saturated carbocycles. The van der Waals surface area contributed by atoms with Crippen LogP contribution in [-0.2, 0) is 18.0 Å². The predicted octanol–water partition coefficient (Wildman–Crippen LogP) is 1.64. The summed E-state index contributed by atoms with van der Waals surface area (Å²) in [5.41, 5.74) is 0. The van der Waals surface area contributed by atoms with Crippen LogP contribution in [0.4, 0.5) is 0 Å². The van der Waals surface area contributed by atoms with Crippen LogP contribution in [0.25, 0.3) is 0 Å². The topological polar surface area (TPSA) is 36.9 Å². The fourth-order valence-corrected chi connectivity index (χ4v) is 2.95. The molecule has 0 rings (SSSR count). The van der Waals surface area contributed by atoms with Crippen molar-refractivity contribution >= 4 is 8.80 Å². The number of ether oxygens (including phenoxy) is 1. The molecule has 0 aromatic carbocycles. The van der Waals surface area contributed by atoms with E-state index < -0.39 is 8.80 Å². The van der Waals surface area contributed by atoms with E-state index in [0.29, 0.717) is 13.2 Å². The van der Waals surface area contributed by atoms with Crippen LogP contribution in [-0.4, -0.2) is 35.4 Å². The molecule has 0 fully saturated rings. The van der Waals surface area contributed by atoms with Gasteiger partial charge in [0.15, 0.2) is 0 Å². The maximum Gasteiger partial charge on any atom is 0.499 e. The summed E-state index contributed by atoms with van der Waals surface area (Å²) in [7, 11) is -0.864. The van der Waals surface area contributed by atoms with Crippen molar-refractivity contribution in [2.75, 3.05) is 20.3 Å². The highest BCUT2D eigenvalue weighted by Gasteiger charge is 2.35. The molecule has 0 aliphatic carbocycles. The van der Waals surface area contributed by atoms with Gasteiger partial charge in [0.25, 0.3) is 0 Å². The molecular weight excluding hydrogens is 188 g/mol. The van der Waals surface area contributed by atoms with Gasteiger partial charge in [-0.05, 0) is 20.8 Å². The second-order valence-corrected chi connectivity index (χ2v) is 5.19. The van der Waals surface area contributed by atoms with Crippen molar-refractivity contribution in [3.8, 4) is 0 Å². The third-order valence-corrected chi connectivity index (χ3v) is 3.91. The van der Waals surface area contributed by atoms with Crippen LogP contribution in [0.3, 0.4) is 0 Å². The van der Waals surface area contributed by atoms with Gasteiger partial charge in [-0.3, -0.25) is 0 Å². The highest BCUT2D eigenvalue weighted by atomic mass is 28.4. The summed E-state index contributed by atoms with van der Waals surface area (Å²) < 4.78 is 21.4. The van der Waals surface area contributed by atoms with Crippen molar-refractivity contribution in [1.29, 1.82) is 0 Å². The third-order valence-electron chi connectivity index (χ3n) is 1.53. The molecule has 80 valence electrons. The van der Waals surface area contributed by atoms with Gasteiger partial charge in [-0.1, -0.05) is 0 Å². The number of hydrogen-bond donors (Lipinski definition) is 0. The molecule has 1 unspecified atom stereocenters. The average molecular weight is 208 g/mol. The van der Waals surface area contributed by atoms with E-state index in [1.165, 1.54) is 0 Å². The highest BCUT2D eigenvalue weighted by Crippen LogP contribution is 2.12. The van der Waals surface area contributed by atoms with E-state index in [1.807, 2.05) is 27.3 Å². The third kappa shape index (κ3) is 5.38. The lowest BCUT2D eigenvalue weighted by atomic mass is 10.8. The molecule has 1 atom stereocenters. The average Bonchev–Trinajstić information content (AvgIpc) is 2.04. The van der Waals surface area contributed by atoms with E-state index in [4.69, 9.17) is 18.0 Å². The maximum absolute atomic E-state index is 5.54. The van der Waals surface area contributed by atoms with Gasteiger partial charge < -0.3 is 18.0 Å². The highest BCUT2D eigenvalue weighted by molar-refractivity contribution is 6.59. The zero-order valence-corrected chi connectivity index (χ0v) is 10.1. The first-order valence-corrected chi connectivity index (χ1v) is 6.79. The van der Waals surface area contributed by atoms with Crippen molar-refractivity contribution in [1.82, 2.24) is 0 Å². The Bertz CT molecular complexity index is 125. The summed E-state index contributed by atoms with van der Waals surface area (Å²) in [6.45, 7) is 8.73. The predicted molar refractivity (Wildman–Crippen MR) is 52.4 cm³/mol. The van der Waals surface area contributed by atoms with E-state index in [-0.39, 0.29) is 6.29 Å². The smallest absolute Gasteiger partial charge is 0.374 e. The number of rotatable bonds is 7. The standard InChI is InChI=1S/C8H20O4Si/c1-6-10-13(5,11-7-2)12-8(3)9-4/h8H,6-7H2,1-5H3. The quantitative estimate of drug-likeness (QED) is 0.471. The second kappa shape index (κ2) is 6.50. The summed E-state index contributed by atoms with van der Waals surface area (Å²) in [4.78, 5) is 0. The van der Waals surface area contributed by atoms with Crippen molar-refractivity contribution < 1.29 is 18.0 Å². The van der Waals surface area contributed by atoms with Crippen LogP contribution in [0.15, 0.2) is 0 Å². The van der Waals surface area contributed by atoms with E-state index in [9.17, 15) is 0 Å². The summed E-state index contributed by atoms with van der Waals surface area (Å²) in [6, 6.07) is 0. The fraction of sp³-hybridized carbons (Fsp3) is 1.00. The van der Waals surface area contributed by atoms with Crippen LogP contribution in [0.5, 0.6) is 0 Å². The molecular formula is C8H20O4Si. The van der Waals surface area contributed by atoms with E-state index in [2.05, 4.69) is 0 Å². The van der Waals surface area contributed by atoms with Crippen LogP contribution in [0.1, 0.15) is 20.8 Å². The van der Waals surface area contributed by atoms with Crippen molar-refractivity contribution in [2.24, 2.45) is 0 Å². The van der Waals surface area contributed by atoms with Gasteiger partial charge in [-0.25, -0.2) is 0 Å². The van der Waals surface area contributed by atoms with Gasteiger partial charge >= 0.3 is 8.80 Å². The molecule has 5 heteroatoms. The lowest BCUT2D eigenvalue weighted by Crippen LogP contribution is -2.45. The van der Waals surface area contributed by atoms with E-state index >= 15 is 0 Å². The molecule has 0 spiro atoms. The second-order valence-electron chi connectivity index (χ2n) is 2.65. The Morgan fingerprint density at radius 3 is 1.92 bits per heavy atom. The first-order chi connectivity index (χ1) is 6.08. The molecule has 0 aliphatic heterocycles. The molecule has 0 saturated heterocycles. The first kappa shape index (κ1) is 13.1. The summed E-state index contributed by atoms with van der Waals surface area (Å²) >= 11 is 0. The molecule has 0 radical (unpaired) electrons. The van der Waals surface area contributed by atoms with Crippen LogP contribution in [0, 0.1) is 0 Å². The lowest BCUT2D eigenvalue weighted by molar-refractivity contribution is -0.0860. The van der Waals surface area contributed by atoms with Gasteiger partial charge in [0.1, 0.15) is 6.29 Å². The van der Waals surface area contributed by atoms with Gasteiger partial charge in [-0.15, -0.1) is 0 Å². The zero-order valence-electron chi connectivity index (χ0n) is 9.12. The molecule has 0 aromatic heterocycles. The minimum absolute atomic E-state index is 0.283. The van der Waals surface area contributed by atoms with E-state index in [0.717, 1.165) is 0 Å². The molecule has 0 bridgehead atoms. The molecule has 0 heterocycles. The normalized spacial score (nSPS) is 14.5. The van der Waals surface area contributed by atoms with Gasteiger partial charge in [0.2, 0.25) is 0 Å². The Hall–Kier alpha value is 0.0569. The summed E-state index contributed by atoms with van der Waals surface area (Å²) in [6.07, 6.45) is -0.283. The fourth-order valence-electron chi connectivity index (χ4n) is 0.984.